The number of ether oxygens (including phenoxy) is 1. The fraction of sp³-hybridized carbons (Fsp3) is 0.464. The zero-order valence-corrected chi connectivity index (χ0v) is 21.0. The van der Waals surface area contributed by atoms with Crippen LogP contribution in [0.5, 0.6) is 0 Å². The van der Waals surface area contributed by atoms with Crippen molar-refractivity contribution in [3.05, 3.63) is 59.2 Å². The summed E-state index contributed by atoms with van der Waals surface area (Å²) in [5.41, 5.74) is 4.74. The maximum atomic E-state index is 12.7. The van der Waals surface area contributed by atoms with Gasteiger partial charge in [-0.25, -0.2) is 9.59 Å². The average Bonchev–Trinajstić information content (AvgIpc) is 2.84. The number of carbonyl (C=O) groups is 3. The van der Waals surface area contributed by atoms with Crippen molar-refractivity contribution in [2.75, 3.05) is 17.2 Å². The van der Waals surface area contributed by atoms with Crippen molar-refractivity contribution in [1.29, 1.82) is 0 Å². The Labute approximate surface area is 212 Å². The normalized spacial score (nSPS) is 19.4. The molecule has 1 aliphatic carbocycles. The first-order valence-electron chi connectivity index (χ1n) is 12.7. The Hall–Kier alpha value is -3.55. The average molecular weight is 494 g/mol. The van der Waals surface area contributed by atoms with Gasteiger partial charge in [0.15, 0.2) is 0 Å². The highest BCUT2D eigenvalue weighted by Crippen LogP contribution is 2.30. The largest absolute Gasteiger partial charge is 0.481 e. The maximum Gasteiger partial charge on any atom is 0.410 e. The number of para-hydroxylation sites is 1. The van der Waals surface area contributed by atoms with Crippen LogP contribution in [-0.4, -0.2) is 40.7 Å². The molecule has 2 aliphatic rings. The van der Waals surface area contributed by atoms with Crippen molar-refractivity contribution in [2.45, 2.75) is 70.9 Å². The number of nitrogens with one attached hydrogen (secondary N) is 2. The summed E-state index contributed by atoms with van der Waals surface area (Å²) in [5.74, 6) is -0.293. The number of hydrogen-bond acceptors (Lipinski definition) is 4. The number of urea groups is 1. The van der Waals surface area contributed by atoms with E-state index >= 15 is 0 Å². The molecule has 0 bridgehead atoms. The van der Waals surface area contributed by atoms with E-state index in [0.29, 0.717) is 44.0 Å². The number of benzene rings is 2. The number of hydrogen-bond donors (Lipinski definition) is 3. The summed E-state index contributed by atoms with van der Waals surface area (Å²) >= 11 is 0. The minimum atomic E-state index is -0.766. The minimum absolute atomic E-state index is 0.144. The first-order valence-corrected chi connectivity index (χ1v) is 12.7. The molecule has 0 radical (unpaired) electrons. The zero-order valence-electron chi connectivity index (χ0n) is 21.0. The molecule has 0 spiro atoms. The van der Waals surface area contributed by atoms with Crippen molar-refractivity contribution >= 4 is 29.5 Å². The summed E-state index contributed by atoms with van der Waals surface area (Å²) in [7, 11) is 0. The molecule has 0 unspecified atom stereocenters. The molecule has 1 heterocycles. The lowest BCUT2D eigenvalue weighted by Gasteiger charge is -2.32. The van der Waals surface area contributed by atoms with E-state index < -0.39 is 5.97 Å². The molecule has 1 saturated carbocycles. The summed E-state index contributed by atoms with van der Waals surface area (Å²) < 4.78 is 5.73. The van der Waals surface area contributed by atoms with Crippen LogP contribution in [-0.2, 0) is 22.5 Å². The molecule has 192 valence electrons. The van der Waals surface area contributed by atoms with Crippen molar-refractivity contribution in [2.24, 2.45) is 5.92 Å². The first kappa shape index (κ1) is 25.5. The topological polar surface area (TPSA) is 108 Å². The summed E-state index contributed by atoms with van der Waals surface area (Å²) in [5, 5.41) is 14.8. The Bertz CT molecular complexity index is 1110. The number of aliphatic carboxylic acids is 1. The SMILES string of the molecule is CC(C)c1ccccc1NC(=O)Nc1ccc2c(c1)CCN(C(=O)O[C@H]1CC[C@H](CC(=O)O)CC1)C2. The van der Waals surface area contributed by atoms with E-state index in [4.69, 9.17) is 9.84 Å². The van der Waals surface area contributed by atoms with Crippen LogP contribution >= 0.6 is 0 Å². The predicted octanol–water partition coefficient (Wildman–Crippen LogP) is 5.98. The van der Waals surface area contributed by atoms with Gasteiger partial charge in [-0.2, -0.15) is 0 Å². The van der Waals surface area contributed by atoms with Gasteiger partial charge < -0.3 is 25.4 Å². The van der Waals surface area contributed by atoms with Crippen molar-refractivity contribution in [1.82, 2.24) is 4.90 Å². The highest BCUT2D eigenvalue weighted by atomic mass is 16.6. The second-order valence-electron chi connectivity index (χ2n) is 10.1. The van der Waals surface area contributed by atoms with Gasteiger partial charge in [-0.1, -0.05) is 38.1 Å². The number of carbonyl (C=O) groups excluding carboxylic acids is 2. The van der Waals surface area contributed by atoms with Crippen molar-refractivity contribution in [3.8, 4) is 0 Å². The van der Waals surface area contributed by atoms with Crippen molar-refractivity contribution in [3.63, 3.8) is 0 Å². The molecule has 0 saturated heterocycles. The Morgan fingerprint density at radius 1 is 1.03 bits per heavy atom. The molecule has 2 aromatic rings. The Kier molecular flexibility index (Phi) is 8.13. The van der Waals surface area contributed by atoms with Gasteiger partial charge in [0, 0.05) is 30.9 Å². The monoisotopic (exact) mass is 493 g/mol. The molecule has 2 aromatic carbocycles. The summed E-state index contributed by atoms with van der Waals surface area (Å²) in [6, 6.07) is 13.3. The van der Waals surface area contributed by atoms with Gasteiger partial charge in [0.25, 0.3) is 0 Å². The number of fused-ring (bicyclic) bond motifs is 1. The molecule has 0 atom stereocenters. The highest BCUT2D eigenvalue weighted by Gasteiger charge is 2.28. The predicted molar refractivity (Wildman–Crippen MR) is 138 cm³/mol. The quantitative estimate of drug-likeness (QED) is 0.459. The Balaban J connectivity index is 1.29. The van der Waals surface area contributed by atoms with E-state index in [1.165, 1.54) is 0 Å². The van der Waals surface area contributed by atoms with Crippen LogP contribution in [0.25, 0.3) is 0 Å². The molecule has 1 fully saturated rings. The molecule has 1 aliphatic heterocycles. The number of nitrogens with zero attached hydrogens (tertiary/aromatic N) is 1. The number of carboxylic acids is 1. The Morgan fingerprint density at radius 2 is 1.78 bits per heavy atom. The van der Waals surface area contributed by atoms with Gasteiger partial charge in [0.05, 0.1) is 0 Å². The fourth-order valence-electron chi connectivity index (χ4n) is 5.10. The minimum Gasteiger partial charge on any atom is -0.481 e. The molecule has 3 N–H and O–H groups in total. The standard InChI is InChI=1S/C28H35N3O5/c1-18(2)24-5-3-4-6-25(24)30-27(34)29-22-10-9-21-17-31(14-13-20(21)16-22)28(35)36-23-11-7-19(8-12-23)15-26(32)33/h3-6,9-10,16,18-19,23H,7-8,11-15,17H2,1-2H3,(H,32,33)(H2,29,30,34)/t19-,23-. The molecule has 0 aromatic heterocycles. The Morgan fingerprint density at radius 3 is 2.50 bits per heavy atom. The van der Waals surface area contributed by atoms with E-state index in [-0.39, 0.29) is 30.6 Å². The summed E-state index contributed by atoms with van der Waals surface area (Å²) in [6.45, 7) is 5.20. The molecule has 3 amide bonds. The lowest BCUT2D eigenvalue weighted by atomic mass is 9.85. The fourth-order valence-corrected chi connectivity index (χ4v) is 5.10. The second kappa shape index (κ2) is 11.5. The van der Waals surface area contributed by atoms with E-state index in [0.717, 1.165) is 35.2 Å². The van der Waals surface area contributed by atoms with Crippen LogP contribution in [0.2, 0.25) is 0 Å². The molecule has 8 heteroatoms. The molecule has 36 heavy (non-hydrogen) atoms. The molecular formula is C28H35N3O5. The van der Waals surface area contributed by atoms with Gasteiger partial charge >= 0.3 is 18.1 Å². The van der Waals surface area contributed by atoms with E-state index in [1.807, 2.05) is 42.5 Å². The third-order valence-electron chi connectivity index (χ3n) is 7.09. The van der Waals surface area contributed by atoms with Crippen LogP contribution in [0.1, 0.15) is 68.6 Å². The zero-order chi connectivity index (χ0) is 25.7. The first-order chi connectivity index (χ1) is 17.3. The molecule has 4 rings (SSSR count). The smallest absolute Gasteiger partial charge is 0.410 e. The molecule has 8 nitrogen and oxygen atoms in total. The van der Waals surface area contributed by atoms with Gasteiger partial charge in [-0.05, 0) is 78.8 Å². The van der Waals surface area contributed by atoms with Crippen molar-refractivity contribution < 1.29 is 24.2 Å². The van der Waals surface area contributed by atoms with E-state index in [9.17, 15) is 14.4 Å². The van der Waals surface area contributed by atoms with Gasteiger partial charge in [0.1, 0.15) is 6.10 Å². The van der Waals surface area contributed by atoms with E-state index in [1.54, 1.807) is 4.90 Å². The molecular weight excluding hydrogens is 458 g/mol. The summed E-state index contributed by atoms with van der Waals surface area (Å²) in [6.07, 6.45) is 3.40. The van der Waals surface area contributed by atoms with Crippen LogP contribution in [0.3, 0.4) is 0 Å². The third kappa shape index (κ3) is 6.56. The van der Waals surface area contributed by atoms with E-state index in [2.05, 4.69) is 24.5 Å². The third-order valence-corrected chi connectivity index (χ3v) is 7.09. The number of amides is 3. The van der Waals surface area contributed by atoms with Gasteiger partial charge in [0.2, 0.25) is 0 Å². The number of rotatable bonds is 6. The lowest BCUT2D eigenvalue weighted by Crippen LogP contribution is -2.39. The van der Waals surface area contributed by atoms with Gasteiger partial charge in [-0.15, -0.1) is 0 Å². The number of anilines is 2. The van der Waals surface area contributed by atoms with Gasteiger partial charge in [-0.3, -0.25) is 4.79 Å². The van der Waals surface area contributed by atoms with Crippen LogP contribution in [0.4, 0.5) is 21.0 Å². The van der Waals surface area contributed by atoms with Crippen LogP contribution < -0.4 is 10.6 Å². The summed E-state index contributed by atoms with van der Waals surface area (Å²) in [4.78, 5) is 38.0. The van der Waals surface area contributed by atoms with Crippen LogP contribution in [0.15, 0.2) is 42.5 Å². The maximum absolute atomic E-state index is 12.7. The second-order valence-corrected chi connectivity index (χ2v) is 10.1. The highest BCUT2D eigenvalue weighted by molar-refractivity contribution is 6.00. The number of carboxylic acid groups (broad SMARTS) is 1. The van der Waals surface area contributed by atoms with Crippen LogP contribution in [0, 0.1) is 5.92 Å². The lowest BCUT2D eigenvalue weighted by molar-refractivity contribution is -0.138.